The average Bonchev–Trinajstić information content (AvgIpc) is 2.69. The van der Waals surface area contributed by atoms with Gasteiger partial charge in [-0.25, -0.2) is 0 Å². The van der Waals surface area contributed by atoms with Crippen molar-refractivity contribution < 1.29 is 4.21 Å². The maximum Gasteiger partial charge on any atom is 0.0423 e. The van der Waals surface area contributed by atoms with Crippen LogP contribution < -0.4 is 0 Å². The molecule has 0 radical (unpaired) electrons. The van der Waals surface area contributed by atoms with E-state index in [9.17, 15) is 4.21 Å². The van der Waals surface area contributed by atoms with Crippen LogP contribution in [0.1, 0.15) is 11.1 Å². The van der Waals surface area contributed by atoms with Crippen molar-refractivity contribution in [3.05, 3.63) is 71.1 Å². The number of rotatable bonds is 1. The number of benzene rings is 2. The molecule has 1 nitrogen and oxygen atoms in total. The fourth-order valence-corrected chi connectivity index (χ4v) is 4.05. The summed E-state index contributed by atoms with van der Waals surface area (Å²) in [5.41, 5.74) is 2.06. The van der Waals surface area contributed by atoms with Crippen molar-refractivity contribution in [1.29, 1.82) is 0 Å². The molecule has 1 unspecified atom stereocenters. The van der Waals surface area contributed by atoms with Gasteiger partial charge in [0.15, 0.2) is 0 Å². The minimum absolute atomic E-state index is 0.920. The van der Waals surface area contributed by atoms with E-state index in [1.165, 1.54) is 0 Å². The molecule has 1 aliphatic rings. The molecule has 2 aromatic rings. The van der Waals surface area contributed by atoms with Crippen molar-refractivity contribution in [2.24, 2.45) is 0 Å². The van der Waals surface area contributed by atoms with Gasteiger partial charge < -0.3 is 0 Å². The molecule has 17 heavy (non-hydrogen) atoms. The van der Waals surface area contributed by atoms with Crippen molar-refractivity contribution in [3.63, 3.8) is 0 Å². The third-order valence-corrected chi connectivity index (χ3v) is 5.05. The smallest absolute Gasteiger partial charge is 0.0423 e. The van der Waals surface area contributed by atoms with Gasteiger partial charge in [0.25, 0.3) is 0 Å². The molecule has 3 rings (SSSR count). The minimum Gasteiger partial charge on any atom is -0.258 e. The van der Waals surface area contributed by atoms with E-state index >= 15 is 0 Å². The van der Waals surface area contributed by atoms with Crippen LogP contribution in [0.4, 0.5) is 0 Å². The van der Waals surface area contributed by atoms with E-state index in [2.05, 4.69) is 0 Å². The lowest BCUT2D eigenvalue weighted by Crippen LogP contribution is -1.99. The normalized spacial score (nSPS) is 21.2. The Morgan fingerprint density at radius 2 is 1.59 bits per heavy atom. The highest BCUT2D eigenvalue weighted by Crippen LogP contribution is 2.27. The third-order valence-electron chi connectivity index (χ3n) is 2.82. The fourth-order valence-electron chi connectivity index (χ4n) is 1.99. The van der Waals surface area contributed by atoms with Crippen LogP contribution in [-0.2, 0) is 9.52 Å². The van der Waals surface area contributed by atoms with Gasteiger partial charge >= 0.3 is 0 Å². The molecule has 0 spiro atoms. The summed E-state index contributed by atoms with van der Waals surface area (Å²) < 4.78 is 12.8. The Balaban J connectivity index is 2.20. The van der Waals surface area contributed by atoms with Crippen LogP contribution in [0.3, 0.4) is 0 Å². The van der Waals surface area contributed by atoms with Crippen molar-refractivity contribution in [3.8, 4) is 0 Å². The molecular weight excluding hydrogens is 228 g/mol. The quantitative estimate of drug-likeness (QED) is 0.700. The lowest BCUT2D eigenvalue weighted by atomic mass is 10.2. The molecular formula is C15H12OS. The van der Waals surface area contributed by atoms with Gasteiger partial charge in [0, 0.05) is 19.8 Å². The maximum atomic E-state index is 12.8. The Labute approximate surface area is 101 Å². The minimum atomic E-state index is -2.17. The third kappa shape index (κ3) is 1.81. The first-order chi connectivity index (χ1) is 8.28. The van der Waals surface area contributed by atoms with E-state index in [1.807, 2.05) is 71.4 Å². The van der Waals surface area contributed by atoms with Gasteiger partial charge in [-0.1, -0.05) is 48.5 Å². The second-order valence-corrected chi connectivity index (χ2v) is 6.26. The van der Waals surface area contributed by atoms with Crippen LogP contribution in [0.15, 0.2) is 64.9 Å². The highest BCUT2D eigenvalue weighted by atomic mass is 32.2. The average molecular weight is 240 g/mol. The Bertz CT molecular complexity index is 690. The monoisotopic (exact) mass is 240 g/mol. The molecule has 0 N–H and O–H groups in total. The van der Waals surface area contributed by atoms with Gasteiger partial charge in [0.2, 0.25) is 0 Å². The van der Waals surface area contributed by atoms with Crippen LogP contribution >= 0.6 is 0 Å². The topological polar surface area (TPSA) is 17.1 Å². The Morgan fingerprint density at radius 3 is 2.41 bits per heavy atom. The zero-order chi connectivity index (χ0) is 11.7. The van der Waals surface area contributed by atoms with E-state index in [0.717, 1.165) is 16.0 Å². The molecule has 0 aromatic heterocycles. The summed E-state index contributed by atoms with van der Waals surface area (Å²) in [5.74, 6) is 0. The first-order valence-corrected chi connectivity index (χ1v) is 7.18. The predicted octanol–water partition coefficient (Wildman–Crippen LogP) is 3.16. The van der Waals surface area contributed by atoms with Gasteiger partial charge in [0.05, 0.1) is 0 Å². The molecule has 0 saturated carbocycles. The number of hydrogen-bond acceptors (Lipinski definition) is 1. The zero-order valence-electron chi connectivity index (χ0n) is 9.24. The molecule has 84 valence electrons. The summed E-state index contributed by atoms with van der Waals surface area (Å²) in [6.45, 7) is 0. The largest absolute Gasteiger partial charge is 0.258 e. The van der Waals surface area contributed by atoms with Gasteiger partial charge in [-0.3, -0.25) is 4.21 Å². The van der Waals surface area contributed by atoms with Gasteiger partial charge in [0.1, 0.15) is 0 Å². The summed E-state index contributed by atoms with van der Waals surface area (Å²) in [4.78, 5) is 0.920. The lowest BCUT2D eigenvalue weighted by Gasteiger charge is -2.04. The van der Waals surface area contributed by atoms with Crippen LogP contribution in [-0.4, -0.2) is 9.58 Å². The van der Waals surface area contributed by atoms with E-state index in [0.29, 0.717) is 0 Å². The molecule has 2 aromatic carbocycles. The van der Waals surface area contributed by atoms with Crippen LogP contribution in [0, 0.1) is 0 Å². The Kier molecular flexibility index (Phi) is 2.37. The van der Waals surface area contributed by atoms with E-state index in [-0.39, 0.29) is 0 Å². The van der Waals surface area contributed by atoms with E-state index < -0.39 is 9.52 Å². The summed E-state index contributed by atoms with van der Waals surface area (Å²) in [6.07, 6.45) is 1.94. The highest BCUT2D eigenvalue weighted by molar-refractivity contribution is 8.04. The molecule has 0 amide bonds. The van der Waals surface area contributed by atoms with Crippen LogP contribution in [0.5, 0.6) is 0 Å². The standard InChI is InChI=1S/C15H12OS/c16-17(12-13-6-2-1-3-7-13)11-10-14-8-4-5-9-15(14)17/h1-12H. The zero-order valence-corrected chi connectivity index (χ0v) is 10.1. The van der Waals surface area contributed by atoms with Crippen molar-refractivity contribution in [2.45, 2.75) is 4.90 Å². The number of fused-ring (bicyclic) bond motifs is 1. The molecule has 1 heterocycles. The maximum absolute atomic E-state index is 12.8. The first kappa shape index (κ1) is 10.4. The lowest BCUT2D eigenvalue weighted by molar-refractivity contribution is 0.687. The molecule has 0 bridgehead atoms. The molecule has 0 saturated heterocycles. The molecule has 0 aliphatic carbocycles. The van der Waals surface area contributed by atoms with E-state index in [1.54, 1.807) is 0 Å². The van der Waals surface area contributed by atoms with E-state index in [4.69, 9.17) is 0 Å². The van der Waals surface area contributed by atoms with Crippen LogP contribution in [0.2, 0.25) is 0 Å². The van der Waals surface area contributed by atoms with Gasteiger partial charge in [-0.15, -0.1) is 0 Å². The summed E-state index contributed by atoms with van der Waals surface area (Å²) in [7, 11) is -2.17. The van der Waals surface area contributed by atoms with Crippen molar-refractivity contribution in [1.82, 2.24) is 0 Å². The first-order valence-electron chi connectivity index (χ1n) is 5.49. The number of hydrogen-bond donors (Lipinski definition) is 0. The second kappa shape index (κ2) is 3.90. The Hall–Kier alpha value is -1.80. The molecule has 1 aliphatic heterocycles. The molecule has 1 atom stereocenters. The van der Waals surface area contributed by atoms with Gasteiger partial charge in [-0.2, -0.15) is 0 Å². The van der Waals surface area contributed by atoms with Crippen molar-refractivity contribution in [2.75, 3.05) is 0 Å². The van der Waals surface area contributed by atoms with Crippen LogP contribution in [0.25, 0.3) is 6.08 Å². The van der Waals surface area contributed by atoms with Gasteiger partial charge in [-0.05, 0) is 28.7 Å². The van der Waals surface area contributed by atoms with Crippen molar-refractivity contribution >= 4 is 21.0 Å². The fraction of sp³-hybridized carbons (Fsp3) is 0. The molecule has 0 fully saturated rings. The highest BCUT2D eigenvalue weighted by Gasteiger charge is 2.16. The summed E-state index contributed by atoms with van der Waals surface area (Å²) in [6, 6.07) is 17.7. The predicted molar refractivity (Wildman–Crippen MR) is 73.5 cm³/mol. The summed E-state index contributed by atoms with van der Waals surface area (Å²) in [5, 5.41) is 3.67. The second-order valence-electron chi connectivity index (χ2n) is 4.02. The summed E-state index contributed by atoms with van der Waals surface area (Å²) >= 11 is 0. The Morgan fingerprint density at radius 1 is 0.882 bits per heavy atom. The SMILES string of the molecule is O=S1(=Cc2ccccc2)C=Cc2ccccc21. The molecule has 2 heteroatoms.